The molecule has 0 fully saturated rings. The first kappa shape index (κ1) is 9.95. The lowest BCUT2D eigenvalue weighted by Crippen LogP contribution is -2.06. The van der Waals surface area contributed by atoms with Gasteiger partial charge in [0.05, 0.1) is 0 Å². The minimum absolute atomic E-state index is 0.511. The van der Waals surface area contributed by atoms with Gasteiger partial charge in [0.2, 0.25) is 0 Å². The zero-order chi connectivity index (χ0) is 8.04. The van der Waals surface area contributed by atoms with Crippen LogP contribution in [0.15, 0.2) is 0 Å². The summed E-state index contributed by atoms with van der Waals surface area (Å²) in [5.41, 5.74) is 0. The van der Waals surface area contributed by atoms with Crippen LogP contribution in [0.5, 0.6) is 0 Å². The number of hydrogen-bond donors (Lipinski definition) is 1. The minimum Gasteiger partial charge on any atom is -0.253 e. The van der Waals surface area contributed by atoms with Crippen molar-refractivity contribution in [3.8, 4) is 0 Å². The zero-order valence-corrected chi connectivity index (χ0v) is 7.67. The van der Waals surface area contributed by atoms with Gasteiger partial charge in [0, 0.05) is 21.2 Å². The van der Waals surface area contributed by atoms with E-state index in [1.54, 1.807) is 0 Å². The van der Waals surface area contributed by atoms with Gasteiger partial charge in [-0.2, -0.15) is 0 Å². The predicted molar refractivity (Wildman–Crippen MR) is 45.8 cm³/mol. The highest BCUT2D eigenvalue weighted by Gasteiger charge is 2.00. The van der Waals surface area contributed by atoms with Crippen LogP contribution in [0.4, 0.5) is 0 Å². The van der Waals surface area contributed by atoms with Gasteiger partial charge in [-0.3, -0.25) is 4.78 Å². The maximum absolute atomic E-state index is 11.1. The lowest BCUT2D eigenvalue weighted by molar-refractivity contribution is 0.668. The Morgan fingerprint density at radius 3 is 2.30 bits per heavy atom. The molecule has 0 heterocycles. The summed E-state index contributed by atoms with van der Waals surface area (Å²) in [7, 11) is -2.19. The predicted octanol–water partition coefficient (Wildman–Crippen LogP) is 2.24. The maximum atomic E-state index is 11.1. The summed E-state index contributed by atoms with van der Waals surface area (Å²) >= 11 is 0. The zero-order valence-electron chi connectivity index (χ0n) is 6.85. The Balaban J connectivity index is 3.49. The number of nitrogens with one attached hydrogen (secondary N) is 1. The summed E-state index contributed by atoms with van der Waals surface area (Å²) in [6.07, 6.45) is 3.20. The first-order valence-corrected chi connectivity index (χ1v) is 5.76. The lowest BCUT2D eigenvalue weighted by Gasteiger charge is -2.01. The second-order valence-electron chi connectivity index (χ2n) is 2.51. The Kier molecular flexibility index (Phi) is 4.69. The van der Waals surface area contributed by atoms with Crippen LogP contribution in [-0.4, -0.2) is 15.7 Å². The fourth-order valence-corrected chi connectivity index (χ4v) is 1.69. The maximum Gasteiger partial charge on any atom is 0.0438 e. The van der Waals surface area contributed by atoms with Crippen molar-refractivity contribution >= 4 is 9.73 Å². The molecule has 10 heavy (non-hydrogen) atoms. The molecule has 0 spiro atoms. The van der Waals surface area contributed by atoms with Crippen LogP contribution < -0.4 is 0 Å². The van der Waals surface area contributed by atoms with Crippen molar-refractivity contribution in [2.45, 2.75) is 33.1 Å². The molecule has 3 heteroatoms. The van der Waals surface area contributed by atoms with Gasteiger partial charge in [-0.15, -0.1) is 0 Å². The molecule has 1 atom stereocenters. The topological polar surface area (TPSA) is 40.9 Å². The Hall–Kier alpha value is -0.0500. The van der Waals surface area contributed by atoms with Crippen LogP contribution >= 0.6 is 0 Å². The van der Waals surface area contributed by atoms with Gasteiger partial charge in [0.25, 0.3) is 0 Å². The second kappa shape index (κ2) is 4.72. The van der Waals surface area contributed by atoms with Gasteiger partial charge in [-0.05, 0) is 6.42 Å². The third-order valence-corrected chi connectivity index (χ3v) is 3.42. The van der Waals surface area contributed by atoms with Crippen molar-refractivity contribution in [2.24, 2.45) is 0 Å². The van der Waals surface area contributed by atoms with Crippen LogP contribution in [-0.2, 0) is 9.73 Å². The fraction of sp³-hybridized carbons (Fsp3) is 1.00. The summed E-state index contributed by atoms with van der Waals surface area (Å²) in [5.74, 6) is 1.11. The molecule has 0 saturated carbocycles. The van der Waals surface area contributed by atoms with Crippen molar-refractivity contribution in [3.05, 3.63) is 0 Å². The van der Waals surface area contributed by atoms with E-state index in [0.29, 0.717) is 11.5 Å². The molecule has 0 rings (SSSR count). The Labute approximate surface area is 64.0 Å². The summed E-state index contributed by atoms with van der Waals surface area (Å²) in [6.45, 7) is 3.93. The average Bonchev–Trinajstić information content (AvgIpc) is 1.89. The van der Waals surface area contributed by atoms with Gasteiger partial charge in [-0.1, -0.05) is 26.7 Å². The molecule has 0 aromatic heterocycles. The molecular weight excluding hydrogens is 146 g/mol. The van der Waals surface area contributed by atoms with Crippen LogP contribution in [0.2, 0.25) is 0 Å². The molecule has 0 amide bonds. The van der Waals surface area contributed by atoms with Gasteiger partial charge < -0.3 is 0 Å². The molecule has 0 aromatic carbocycles. The molecule has 0 radical (unpaired) electrons. The largest absolute Gasteiger partial charge is 0.253 e. The van der Waals surface area contributed by atoms with Crippen LogP contribution in [0, 0.1) is 4.78 Å². The van der Waals surface area contributed by atoms with Crippen LogP contribution in [0.1, 0.15) is 33.1 Å². The highest BCUT2D eigenvalue weighted by molar-refractivity contribution is 7.92. The van der Waals surface area contributed by atoms with Gasteiger partial charge in [-0.25, -0.2) is 4.21 Å². The normalized spacial score (nSPS) is 16.6. The molecule has 0 aliphatic carbocycles. The molecule has 0 aliphatic heterocycles. The standard InChI is InChI=1S/C7H17NOS/c1-3-5-6-7-10(8,9)4-2/h8H,3-7H2,1-2H3. The summed E-state index contributed by atoms with van der Waals surface area (Å²) in [4.78, 5) is 0. The first-order chi connectivity index (χ1) is 4.62. The van der Waals surface area contributed by atoms with E-state index in [1.807, 2.05) is 6.92 Å². The molecule has 0 aromatic rings. The average molecular weight is 163 g/mol. The highest BCUT2D eigenvalue weighted by Crippen LogP contribution is 1.99. The third kappa shape index (κ3) is 4.79. The molecule has 0 saturated heterocycles. The van der Waals surface area contributed by atoms with E-state index >= 15 is 0 Å². The molecule has 0 aliphatic rings. The monoisotopic (exact) mass is 163 g/mol. The molecule has 62 valence electrons. The molecule has 0 bridgehead atoms. The summed E-state index contributed by atoms with van der Waals surface area (Å²) in [5, 5.41) is 0. The van der Waals surface area contributed by atoms with E-state index in [-0.39, 0.29) is 0 Å². The van der Waals surface area contributed by atoms with Crippen molar-refractivity contribution < 1.29 is 4.21 Å². The molecular formula is C7H17NOS. The highest BCUT2D eigenvalue weighted by atomic mass is 32.2. The van der Waals surface area contributed by atoms with E-state index < -0.39 is 9.73 Å². The number of hydrogen-bond acceptors (Lipinski definition) is 2. The first-order valence-electron chi connectivity index (χ1n) is 3.86. The van der Waals surface area contributed by atoms with Crippen molar-refractivity contribution in [1.29, 1.82) is 4.78 Å². The summed E-state index contributed by atoms with van der Waals surface area (Å²) in [6, 6.07) is 0. The summed E-state index contributed by atoms with van der Waals surface area (Å²) < 4.78 is 18.4. The van der Waals surface area contributed by atoms with Crippen molar-refractivity contribution in [1.82, 2.24) is 0 Å². The van der Waals surface area contributed by atoms with E-state index in [9.17, 15) is 4.21 Å². The molecule has 2 nitrogen and oxygen atoms in total. The Morgan fingerprint density at radius 1 is 1.30 bits per heavy atom. The van der Waals surface area contributed by atoms with E-state index in [4.69, 9.17) is 4.78 Å². The third-order valence-electron chi connectivity index (χ3n) is 1.54. The second-order valence-corrected chi connectivity index (χ2v) is 5.12. The minimum atomic E-state index is -2.19. The smallest absolute Gasteiger partial charge is 0.0438 e. The van der Waals surface area contributed by atoms with E-state index in [1.165, 1.54) is 0 Å². The van der Waals surface area contributed by atoms with Gasteiger partial charge >= 0.3 is 0 Å². The quantitative estimate of drug-likeness (QED) is 0.620. The van der Waals surface area contributed by atoms with Crippen LogP contribution in [0.25, 0.3) is 0 Å². The number of rotatable bonds is 5. The molecule has 1 N–H and O–H groups in total. The molecule has 1 unspecified atom stereocenters. The van der Waals surface area contributed by atoms with Crippen LogP contribution in [0.3, 0.4) is 0 Å². The van der Waals surface area contributed by atoms with E-state index in [0.717, 1.165) is 19.3 Å². The van der Waals surface area contributed by atoms with Gasteiger partial charge in [0.15, 0.2) is 0 Å². The van der Waals surface area contributed by atoms with Crippen molar-refractivity contribution in [3.63, 3.8) is 0 Å². The lowest BCUT2D eigenvalue weighted by atomic mass is 10.3. The van der Waals surface area contributed by atoms with Crippen molar-refractivity contribution in [2.75, 3.05) is 11.5 Å². The Morgan fingerprint density at radius 2 is 1.90 bits per heavy atom. The SMILES string of the molecule is CCCCCS(=N)(=O)CC. The van der Waals surface area contributed by atoms with E-state index in [2.05, 4.69) is 6.92 Å². The number of unbranched alkanes of at least 4 members (excludes halogenated alkanes) is 2. The fourth-order valence-electron chi connectivity index (χ4n) is 0.730. The Bertz CT molecular complexity index is 160. The van der Waals surface area contributed by atoms with Gasteiger partial charge in [0.1, 0.15) is 0 Å².